The molecule has 2 unspecified atom stereocenters. The molecule has 0 radical (unpaired) electrons. The van der Waals surface area contributed by atoms with Crippen molar-refractivity contribution >= 4 is 67.0 Å². The Morgan fingerprint density at radius 2 is 2.24 bits per heavy atom. The first-order valence-electron chi connectivity index (χ1n) is 7.69. The highest BCUT2D eigenvalue weighted by Gasteiger charge is 2.43. The fraction of sp³-hybridized carbons (Fsp3) is 0.250. The maximum atomic E-state index is 12.8. The molecule has 9 heteroatoms. The first kappa shape index (κ1) is 17.2. The lowest BCUT2D eigenvalue weighted by Gasteiger charge is -2.42. The highest BCUT2D eigenvalue weighted by atomic mass is 127. The SMILES string of the molecule is CCSC1=NN2C(c3cc(Br)c(I)o3)Nc3ccccc3C2C(=O)N1. The fourth-order valence-electron chi connectivity index (χ4n) is 2.95. The molecule has 2 atom stereocenters. The van der Waals surface area contributed by atoms with E-state index in [0.29, 0.717) is 10.9 Å². The molecule has 0 saturated carbocycles. The van der Waals surface area contributed by atoms with E-state index in [1.807, 2.05) is 37.3 Å². The molecule has 2 N–H and O–H groups in total. The molecule has 130 valence electrons. The van der Waals surface area contributed by atoms with E-state index in [1.165, 1.54) is 11.8 Å². The fourth-order valence-corrected chi connectivity index (χ4v) is 4.27. The Balaban J connectivity index is 1.84. The summed E-state index contributed by atoms with van der Waals surface area (Å²) in [5.74, 6) is 1.46. The number of amides is 1. The number of carbonyl (C=O) groups is 1. The van der Waals surface area contributed by atoms with Crippen molar-refractivity contribution in [3.63, 3.8) is 0 Å². The van der Waals surface area contributed by atoms with Crippen LogP contribution in [-0.4, -0.2) is 21.8 Å². The van der Waals surface area contributed by atoms with Crippen molar-refractivity contribution in [1.82, 2.24) is 10.3 Å². The third-order valence-electron chi connectivity index (χ3n) is 3.98. The summed E-state index contributed by atoms with van der Waals surface area (Å²) in [5, 5.41) is 13.4. The van der Waals surface area contributed by atoms with Gasteiger partial charge in [0.2, 0.25) is 0 Å². The van der Waals surface area contributed by atoms with Gasteiger partial charge in [-0.05, 0) is 33.8 Å². The normalized spacial score (nSPS) is 21.8. The van der Waals surface area contributed by atoms with Crippen LogP contribution < -0.4 is 10.6 Å². The Bertz CT molecular complexity index is 852. The van der Waals surface area contributed by atoms with Crippen molar-refractivity contribution < 1.29 is 9.21 Å². The molecule has 0 bridgehead atoms. The Hall–Kier alpha value is -1.20. The van der Waals surface area contributed by atoms with E-state index in [1.54, 1.807) is 5.01 Å². The van der Waals surface area contributed by atoms with Gasteiger partial charge >= 0.3 is 0 Å². The van der Waals surface area contributed by atoms with Gasteiger partial charge in [-0.1, -0.05) is 36.9 Å². The quantitative estimate of drug-likeness (QED) is 0.565. The highest BCUT2D eigenvalue weighted by Crippen LogP contribution is 2.43. The lowest BCUT2D eigenvalue weighted by molar-refractivity contribution is -0.127. The zero-order chi connectivity index (χ0) is 17.6. The molecule has 1 aromatic heterocycles. The van der Waals surface area contributed by atoms with Gasteiger partial charge < -0.3 is 15.1 Å². The van der Waals surface area contributed by atoms with Crippen LogP contribution in [0.5, 0.6) is 0 Å². The van der Waals surface area contributed by atoms with Gasteiger partial charge in [-0.3, -0.25) is 4.79 Å². The van der Waals surface area contributed by atoms with Gasteiger partial charge in [-0.25, -0.2) is 5.01 Å². The summed E-state index contributed by atoms with van der Waals surface area (Å²) < 4.78 is 7.52. The van der Waals surface area contributed by atoms with Crippen molar-refractivity contribution in [2.24, 2.45) is 5.10 Å². The second-order valence-corrected chi connectivity index (χ2v) is 8.60. The van der Waals surface area contributed by atoms with Crippen LogP contribution in [0.4, 0.5) is 5.69 Å². The first-order chi connectivity index (χ1) is 12.1. The van der Waals surface area contributed by atoms with E-state index in [4.69, 9.17) is 4.42 Å². The Kier molecular flexibility index (Phi) is 4.71. The molecule has 4 rings (SSSR count). The van der Waals surface area contributed by atoms with E-state index in [-0.39, 0.29) is 12.1 Å². The van der Waals surface area contributed by atoms with Crippen LogP contribution in [0.2, 0.25) is 0 Å². The van der Waals surface area contributed by atoms with Crippen LogP contribution in [0.15, 0.2) is 44.3 Å². The molecular formula is C16H14BrIN4O2S. The second kappa shape index (κ2) is 6.84. The third kappa shape index (κ3) is 3.06. The molecule has 0 aliphatic carbocycles. The van der Waals surface area contributed by atoms with E-state index in [2.05, 4.69) is 54.3 Å². The van der Waals surface area contributed by atoms with Crippen LogP contribution in [0.25, 0.3) is 0 Å². The number of hydrogen-bond donors (Lipinski definition) is 2. The topological polar surface area (TPSA) is 69.9 Å². The lowest BCUT2D eigenvalue weighted by atomic mass is 9.99. The number of hydrogen-bond acceptors (Lipinski definition) is 6. The van der Waals surface area contributed by atoms with Gasteiger partial charge in [-0.2, -0.15) is 0 Å². The summed E-state index contributed by atoms with van der Waals surface area (Å²) in [5.41, 5.74) is 1.81. The van der Waals surface area contributed by atoms with Crippen LogP contribution in [-0.2, 0) is 4.79 Å². The number of carbonyl (C=O) groups excluding carboxylic acids is 1. The number of thioether (sulfide) groups is 1. The molecule has 1 aromatic carbocycles. The average Bonchev–Trinajstić information content (AvgIpc) is 2.93. The van der Waals surface area contributed by atoms with Gasteiger partial charge in [0.25, 0.3) is 5.91 Å². The number of para-hydroxylation sites is 1. The van der Waals surface area contributed by atoms with Crippen LogP contribution in [0, 0.1) is 3.77 Å². The minimum Gasteiger partial charge on any atom is -0.450 e. The highest BCUT2D eigenvalue weighted by molar-refractivity contribution is 14.1. The molecule has 25 heavy (non-hydrogen) atoms. The lowest BCUT2D eigenvalue weighted by Crippen LogP contribution is -2.50. The van der Waals surface area contributed by atoms with E-state index in [0.717, 1.165) is 25.2 Å². The number of anilines is 1. The summed E-state index contributed by atoms with van der Waals surface area (Å²) in [6.07, 6.45) is -0.363. The molecule has 3 heterocycles. The van der Waals surface area contributed by atoms with Gasteiger partial charge in [0.15, 0.2) is 26.9 Å². The van der Waals surface area contributed by atoms with Crippen molar-refractivity contribution in [3.05, 3.63) is 49.9 Å². The summed E-state index contributed by atoms with van der Waals surface area (Å²) in [7, 11) is 0. The number of furan rings is 1. The number of fused-ring (bicyclic) bond motifs is 3. The largest absolute Gasteiger partial charge is 0.450 e. The van der Waals surface area contributed by atoms with Crippen molar-refractivity contribution in [2.75, 3.05) is 11.1 Å². The third-order valence-corrected chi connectivity index (χ3v) is 6.85. The second-order valence-electron chi connectivity index (χ2n) is 5.51. The minimum absolute atomic E-state index is 0.0785. The van der Waals surface area contributed by atoms with Gasteiger partial charge in [0.1, 0.15) is 0 Å². The number of nitrogens with zero attached hydrogens (tertiary/aromatic N) is 2. The van der Waals surface area contributed by atoms with Gasteiger partial charge in [0.05, 0.1) is 4.47 Å². The number of halogens is 2. The Labute approximate surface area is 171 Å². The predicted octanol–water partition coefficient (Wildman–Crippen LogP) is 4.27. The van der Waals surface area contributed by atoms with Crippen molar-refractivity contribution in [2.45, 2.75) is 19.1 Å². The zero-order valence-electron chi connectivity index (χ0n) is 13.1. The molecular weight excluding hydrogens is 519 g/mol. The molecule has 0 spiro atoms. The number of amidine groups is 1. The average molecular weight is 533 g/mol. The standard InChI is InChI=1S/C16H14BrIN4O2S/c1-2-25-16-20-15(23)12-8-5-3-4-6-10(8)19-14(22(12)21-16)11-7-9(17)13(18)24-11/h3-7,12,14,19H,2H2,1H3,(H,20,21,23). The minimum atomic E-state index is -0.495. The summed E-state index contributed by atoms with van der Waals surface area (Å²) in [4.78, 5) is 12.8. The molecule has 1 amide bonds. The monoisotopic (exact) mass is 532 g/mol. The Morgan fingerprint density at radius 3 is 2.96 bits per heavy atom. The number of hydrazone groups is 1. The predicted molar refractivity (Wildman–Crippen MR) is 110 cm³/mol. The van der Waals surface area contributed by atoms with Crippen LogP contribution >= 0.6 is 50.3 Å². The Morgan fingerprint density at radius 1 is 1.44 bits per heavy atom. The van der Waals surface area contributed by atoms with E-state index in [9.17, 15) is 4.79 Å². The molecule has 6 nitrogen and oxygen atoms in total. The number of nitrogens with one attached hydrogen (secondary N) is 2. The molecule has 0 fully saturated rings. The molecule has 2 aliphatic heterocycles. The van der Waals surface area contributed by atoms with Gasteiger partial charge in [-0.15, -0.1) is 5.10 Å². The molecule has 0 saturated heterocycles. The summed E-state index contributed by atoms with van der Waals surface area (Å²) in [6, 6.07) is 9.21. The molecule has 2 aliphatic rings. The number of benzene rings is 1. The number of rotatable bonds is 2. The smallest absolute Gasteiger partial charge is 0.255 e. The zero-order valence-corrected chi connectivity index (χ0v) is 17.7. The first-order valence-corrected chi connectivity index (χ1v) is 10.5. The van der Waals surface area contributed by atoms with Crippen molar-refractivity contribution in [3.8, 4) is 0 Å². The van der Waals surface area contributed by atoms with Crippen LogP contribution in [0.1, 0.15) is 30.5 Å². The summed E-state index contributed by atoms with van der Waals surface area (Å²) >= 11 is 7.12. The van der Waals surface area contributed by atoms with Crippen LogP contribution in [0.3, 0.4) is 0 Å². The van der Waals surface area contributed by atoms with Gasteiger partial charge in [0, 0.05) is 33.8 Å². The maximum absolute atomic E-state index is 12.8. The van der Waals surface area contributed by atoms with E-state index < -0.39 is 6.04 Å². The van der Waals surface area contributed by atoms with E-state index >= 15 is 0 Å². The maximum Gasteiger partial charge on any atom is 0.255 e. The molecule has 2 aromatic rings. The van der Waals surface area contributed by atoms with Crippen molar-refractivity contribution in [1.29, 1.82) is 0 Å². The summed E-state index contributed by atoms with van der Waals surface area (Å²) in [6.45, 7) is 2.03.